The van der Waals surface area contributed by atoms with Crippen molar-refractivity contribution in [2.24, 2.45) is 0 Å². The molecule has 0 N–H and O–H groups in total. The van der Waals surface area contributed by atoms with Crippen molar-refractivity contribution in [3.05, 3.63) is 12.7 Å². The van der Waals surface area contributed by atoms with Crippen LogP contribution in [0.1, 0.15) is 26.2 Å². The first kappa shape index (κ1) is 10.4. The fourth-order valence-electron chi connectivity index (χ4n) is 0.620. The molecular formula is C8H15S2. The van der Waals surface area contributed by atoms with E-state index >= 15 is 0 Å². The number of hydrogen-bond acceptors (Lipinski definition) is 1. The van der Waals surface area contributed by atoms with E-state index in [1.807, 2.05) is 17.8 Å². The van der Waals surface area contributed by atoms with Gasteiger partial charge in [-0.3, -0.25) is 0 Å². The second-order valence-electron chi connectivity index (χ2n) is 2.18. The Morgan fingerprint density at radius 3 is 2.80 bits per heavy atom. The Balaban J connectivity index is 2.95. The van der Waals surface area contributed by atoms with Gasteiger partial charge in [0.25, 0.3) is 0 Å². The molecule has 0 saturated carbocycles. The first-order valence-electron chi connectivity index (χ1n) is 3.71. The summed E-state index contributed by atoms with van der Waals surface area (Å²) < 4.78 is 0.219. The normalized spacial score (nSPS) is 13.0. The molecule has 59 valence electrons. The van der Waals surface area contributed by atoms with Crippen molar-refractivity contribution in [1.29, 1.82) is 0 Å². The molecule has 0 bridgehead atoms. The molecule has 10 heavy (non-hydrogen) atoms. The van der Waals surface area contributed by atoms with Crippen LogP contribution >= 0.6 is 24.4 Å². The molecule has 2 heteroatoms. The Morgan fingerprint density at radius 2 is 2.30 bits per heavy atom. The Bertz CT molecular complexity index is 81.3. The Morgan fingerprint density at radius 1 is 1.60 bits per heavy atom. The Hall–Kier alpha value is 0.440. The molecule has 0 saturated heterocycles. The number of rotatable bonds is 6. The summed E-state index contributed by atoms with van der Waals surface area (Å²) in [5.41, 5.74) is 0. The van der Waals surface area contributed by atoms with Crippen LogP contribution in [0.5, 0.6) is 0 Å². The summed E-state index contributed by atoms with van der Waals surface area (Å²) in [6.07, 6.45) is 5.73. The molecule has 0 heterocycles. The molecule has 1 radical (unpaired) electrons. The average molecular weight is 175 g/mol. The van der Waals surface area contributed by atoms with Crippen LogP contribution in [0.2, 0.25) is 0 Å². The molecule has 0 aromatic carbocycles. The third kappa shape index (κ3) is 6.56. The summed E-state index contributed by atoms with van der Waals surface area (Å²) in [4.78, 5) is 0. The summed E-state index contributed by atoms with van der Waals surface area (Å²) in [5, 5.41) is 0. The number of hydrogen-bond donors (Lipinski definition) is 0. The monoisotopic (exact) mass is 175 g/mol. The maximum absolute atomic E-state index is 5.03. The highest BCUT2D eigenvalue weighted by Crippen LogP contribution is 2.17. The van der Waals surface area contributed by atoms with Crippen molar-refractivity contribution in [3.63, 3.8) is 0 Å². The van der Waals surface area contributed by atoms with Crippen molar-refractivity contribution < 1.29 is 0 Å². The topological polar surface area (TPSA) is 0 Å². The fraction of sp³-hybridized carbons (Fsp3) is 0.750. The maximum atomic E-state index is 5.03. The van der Waals surface area contributed by atoms with Crippen LogP contribution in [0.4, 0.5) is 0 Å². The molecule has 0 rings (SSSR count). The van der Waals surface area contributed by atoms with Crippen LogP contribution in [0, 0.1) is 0 Å². The van der Waals surface area contributed by atoms with Crippen molar-refractivity contribution in [2.75, 3.05) is 5.75 Å². The zero-order valence-electron chi connectivity index (χ0n) is 6.51. The van der Waals surface area contributed by atoms with Gasteiger partial charge in [-0.15, -0.1) is 18.3 Å². The molecule has 0 aliphatic heterocycles. The van der Waals surface area contributed by atoms with E-state index in [2.05, 4.69) is 13.5 Å². The van der Waals surface area contributed by atoms with Crippen molar-refractivity contribution >= 4 is 24.4 Å². The van der Waals surface area contributed by atoms with Gasteiger partial charge in [0.15, 0.2) is 0 Å². The highest BCUT2D eigenvalue weighted by atomic mass is 32.2. The van der Waals surface area contributed by atoms with Gasteiger partial charge >= 0.3 is 0 Å². The van der Waals surface area contributed by atoms with Crippen molar-refractivity contribution in [3.8, 4) is 0 Å². The predicted molar refractivity (Wildman–Crippen MR) is 53.6 cm³/mol. The SMILES string of the molecule is C=CC([S])SCCCCC. The summed E-state index contributed by atoms with van der Waals surface area (Å²) in [5.74, 6) is 1.19. The Kier molecular flexibility index (Phi) is 7.88. The molecule has 0 aromatic heterocycles. The molecule has 0 aliphatic carbocycles. The molecule has 0 aliphatic rings. The van der Waals surface area contributed by atoms with E-state index in [0.717, 1.165) is 0 Å². The van der Waals surface area contributed by atoms with E-state index < -0.39 is 0 Å². The molecule has 0 nitrogen and oxygen atoms in total. The lowest BCUT2D eigenvalue weighted by Gasteiger charge is -2.01. The lowest BCUT2D eigenvalue weighted by atomic mass is 10.3. The highest BCUT2D eigenvalue weighted by molar-refractivity contribution is 8.10. The van der Waals surface area contributed by atoms with E-state index in [0.29, 0.717) is 0 Å². The molecule has 0 fully saturated rings. The van der Waals surface area contributed by atoms with Gasteiger partial charge in [0.05, 0.1) is 4.58 Å². The number of unbranched alkanes of at least 4 members (excludes halogenated alkanes) is 2. The third-order valence-electron chi connectivity index (χ3n) is 1.22. The predicted octanol–water partition coefficient (Wildman–Crippen LogP) is 3.62. The van der Waals surface area contributed by atoms with Gasteiger partial charge in [0, 0.05) is 0 Å². The Labute approximate surface area is 73.9 Å². The zero-order chi connectivity index (χ0) is 7.82. The largest absolute Gasteiger partial charge is 0.142 e. The summed E-state index contributed by atoms with van der Waals surface area (Å²) >= 11 is 6.85. The standard InChI is InChI=1S/C8H15S2/c1-3-5-6-7-10-8(9)4-2/h4,8H,2-3,5-7H2,1H3. The van der Waals surface area contributed by atoms with Crippen molar-refractivity contribution in [2.45, 2.75) is 30.8 Å². The minimum absolute atomic E-state index is 0.219. The molecule has 0 spiro atoms. The van der Waals surface area contributed by atoms with Crippen LogP contribution in [0.25, 0.3) is 0 Å². The first-order valence-corrected chi connectivity index (χ1v) is 5.23. The van der Waals surface area contributed by atoms with Gasteiger partial charge in [0.2, 0.25) is 0 Å². The zero-order valence-corrected chi connectivity index (χ0v) is 8.14. The molecule has 0 aromatic rings. The summed E-state index contributed by atoms with van der Waals surface area (Å²) in [6.45, 7) is 5.85. The van der Waals surface area contributed by atoms with Crippen LogP contribution in [0.15, 0.2) is 12.7 Å². The molecule has 1 unspecified atom stereocenters. The smallest absolute Gasteiger partial charge is 0.0783 e. The van der Waals surface area contributed by atoms with Gasteiger partial charge in [-0.05, 0) is 12.2 Å². The molecular weight excluding hydrogens is 160 g/mol. The second-order valence-corrected chi connectivity index (χ2v) is 4.24. The lowest BCUT2D eigenvalue weighted by molar-refractivity contribution is 0.779. The molecule has 1 atom stereocenters. The summed E-state index contributed by atoms with van der Waals surface area (Å²) in [7, 11) is 0. The van der Waals surface area contributed by atoms with Gasteiger partial charge < -0.3 is 0 Å². The van der Waals surface area contributed by atoms with Gasteiger partial charge in [0.1, 0.15) is 0 Å². The first-order chi connectivity index (χ1) is 4.81. The quantitative estimate of drug-likeness (QED) is 0.439. The van der Waals surface area contributed by atoms with Gasteiger partial charge in [-0.1, -0.05) is 38.5 Å². The minimum atomic E-state index is 0.219. The highest BCUT2D eigenvalue weighted by Gasteiger charge is 1.96. The third-order valence-corrected chi connectivity index (χ3v) is 2.87. The summed E-state index contributed by atoms with van der Waals surface area (Å²) in [6, 6.07) is 0. The second kappa shape index (κ2) is 7.55. The minimum Gasteiger partial charge on any atom is -0.142 e. The van der Waals surface area contributed by atoms with E-state index in [1.54, 1.807) is 0 Å². The average Bonchev–Trinajstić information content (AvgIpc) is 1.98. The van der Waals surface area contributed by atoms with Gasteiger partial charge in [-0.25, -0.2) is 0 Å². The van der Waals surface area contributed by atoms with Crippen LogP contribution < -0.4 is 0 Å². The molecule has 0 amide bonds. The fourth-order valence-corrected chi connectivity index (χ4v) is 1.65. The van der Waals surface area contributed by atoms with Crippen LogP contribution in [-0.4, -0.2) is 10.3 Å². The van der Waals surface area contributed by atoms with Crippen molar-refractivity contribution in [1.82, 2.24) is 0 Å². The van der Waals surface area contributed by atoms with E-state index in [4.69, 9.17) is 12.6 Å². The lowest BCUT2D eigenvalue weighted by Crippen LogP contribution is -1.87. The van der Waals surface area contributed by atoms with Gasteiger partial charge in [-0.2, -0.15) is 0 Å². The van der Waals surface area contributed by atoms with Crippen LogP contribution in [-0.2, 0) is 0 Å². The van der Waals surface area contributed by atoms with Crippen LogP contribution in [0.3, 0.4) is 0 Å². The van der Waals surface area contributed by atoms with E-state index in [9.17, 15) is 0 Å². The van der Waals surface area contributed by atoms with E-state index in [-0.39, 0.29) is 4.58 Å². The maximum Gasteiger partial charge on any atom is 0.0783 e. The number of thioether (sulfide) groups is 1. The van der Waals surface area contributed by atoms with E-state index in [1.165, 1.54) is 25.0 Å².